The average Bonchev–Trinajstić information content (AvgIpc) is 2.20. The Morgan fingerprint density at radius 2 is 1.76 bits per heavy atom. The molecule has 0 atom stereocenters. The molecule has 6 nitrogen and oxygen atoms in total. The van der Waals surface area contributed by atoms with Gasteiger partial charge in [0.15, 0.2) is 9.84 Å². The summed E-state index contributed by atoms with van der Waals surface area (Å²) in [5, 5.41) is 0. The highest BCUT2D eigenvalue weighted by atomic mass is 32.2. The molecule has 0 aromatic rings. The minimum atomic E-state index is -3.26. The van der Waals surface area contributed by atoms with Gasteiger partial charge in [0.2, 0.25) is 0 Å². The molecule has 100 valence electrons. The third-order valence-corrected chi connectivity index (χ3v) is 2.49. The molecule has 0 heterocycles. The van der Waals surface area contributed by atoms with Crippen molar-refractivity contribution < 1.29 is 27.4 Å². The fraction of sp³-hybridized carbons (Fsp3) is 0.700. The molecule has 0 aliphatic carbocycles. The van der Waals surface area contributed by atoms with E-state index in [2.05, 4.69) is 6.58 Å². The molecular formula is C10H18O6S. The van der Waals surface area contributed by atoms with E-state index in [1.54, 1.807) is 7.11 Å². The largest absolute Gasteiger partial charge is 0.460 e. The van der Waals surface area contributed by atoms with E-state index in [-0.39, 0.29) is 18.8 Å². The van der Waals surface area contributed by atoms with Crippen molar-refractivity contribution in [1.29, 1.82) is 0 Å². The molecule has 0 fully saturated rings. The molecule has 0 spiro atoms. The van der Waals surface area contributed by atoms with Crippen LogP contribution in [-0.2, 0) is 28.8 Å². The van der Waals surface area contributed by atoms with Crippen molar-refractivity contribution in [3.8, 4) is 0 Å². The number of carbonyl (C=O) groups is 1. The second-order valence-electron chi connectivity index (χ2n) is 3.41. The van der Waals surface area contributed by atoms with Crippen molar-refractivity contribution in [2.75, 3.05) is 45.5 Å². The van der Waals surface area contributed by atoms with E-state index < -0.39 is 21.6 Å². The van der Waals surface area contributed by atoms with Crippen LogP contribution in [0.3, 0.4) is 0 Å². The van der Waals surface area contributed by atoms with Gasteiger partial charge in [-0.1, -0.05) is 6.58 Å². The van der Waals surface area contributed by atoms with Crippen molar-refractivity contribution in [2.24, 2.45) is 0 Å². The van der Waals surface area contributed by atoms with Crippen molar-refractivity contribution in [1.82, 2.24) is 0 Å². The second-order valence-corrected chi connectivity index (χ2v) is 5.55. The lowest BCUT2D eigenvalue weighted by Crippen LogP contribution is -2.17. The Labute approximate surface area is 101 Å². The average molecular weight is 266 g/mol. The Kier molecular flexibility index (Phi) is 7.77. The van der Waals surface area contributed by atoms with E-state index in [0.717, 1.165) is 6.26 Å². The van der Waals surface area contributed by atoms with E-state index in [1.165, 1.54) is 0 Å². The maximum Gasteiger partial charge on any atom is 0.334 e. The molecule has 0 aliphatic heterocycles. The summed E-state index contributed by atoms with van der Waals surface area (Å²) >= 11 is 0. The highest BCUT2D eigenvalue weighted by Gasteiger charge is 2.14. The summed E-state index contributed by atoms with van der Waals surface area (Å²) in [6, 6.07) is 0. The van der Waals surface area contributed by atoms with Gasteiger partial charge in [-0.3, -0.25) is 0 Å². The molecule has 0 aliphatic rings. The number of carbonyl (C=O) groups excluding carboxylic acids is 1. The number of sulfone groups is 1. The van der Waals surface area contributed by atoms with Gasteiger partial charge < -0.3 is 14.2 Å². The van der Waals surface area contributed by atoms with Crippen LogP contribution in [0.15, 0.2) is 12.2 Å². The normalized spacial score (nSPS) is 11.2. The first kappa shape index (κ1) is 16.1. The molecule has 0 saturated carbocycles. The highest BCUT2D eigenvalue weighted by molar-refractivity contribution is 7.90. The Bertz CT molecular complexity index is 346. The smallest absolute Gasteiger partial charge is 0.334 e. The lowest BCUT2D eigenvalue weighted by molar-refractivity contribution is -0.140. The van der Waals surface area contributed by atoms with Gasteiger partial charge in [-0.25, -0.2) is 13.2 Å². The van der Waals surface area contributed by atoms with Crippen LogP contribution in [0.2, 0.25) is 0 Å². The van der Waals surface area contributed by atoms with Gasteiger partial charge in [0.1, 0.15) is 6.61 Å². The third-order valence-electron chi connectivity index (χ3n) is 1.62. The predicted octanol–water partition coefficient (Wildman–Crippen LogP) is -0.207. The first-order valence-corrected chi connectivity index (χ1v) is 7.02. The van der Waals surface area contributed by atoms with E-state index in [1.807, 2.05) is 0 Å². The van der Waals surface area contributed by atoms with Crippen LogP contribution >= 0.6 is 0 Å². The van der Waals surface area contributed by atoms with E-state index in [0.29, 0.717) is 13.2 Å². The fourth-order valence-corrected chi connectivity index (χ4v) is 1.67. The van der Waals surface area contributed by atoms with E-state index in [9.17, 15) is 13.2 Å². The van der Waals surface area contributed by atoms with E-state index >= 15 is 0 Å². The van der Waals surface area contributed by atoms with Crippen molar-refractivity contribution in [2.45, 2.75) is 0 Å². The second kappa shape index (κ2) is 8.21. The molecule has 0 rings (SSSR count). The standard InChI is InChI=1S/C10H18O6S/c1-9(8-17(3,12)13)10(11)16-7-6-15-5-4-14-2/h1,4-8H2,2-3H3. The third kappa shape index (κ3) is 9.98. The summed E-state index contributed by atoms with van der Waals surface area (Å²) in [6.07, 6.45) is 1.03. The summed E-state index contributed by atoms with van der Waals surface area (Å²) in [7, 11) is -1.71. The van der Waals surface area contributed by atoms with Crippen molar-refractivity contribution >= 4 is 15.8 Å². The van der Waals surface area contributed by atoms with Crippen molar-refractivity contribution in [3.05, 3.63) is 12.2 Å². The van der Waals surface area contributed by atoms with Gasteiger partial charge in [-0.05, 0) is 0 Å². The first-order chi connectivity index (χ1) is 7.87. The Balaban J connectivity index is 3.69. The maximum absolute atomic E-state index is 11.2. The fourth-order valence-electron chi connectivity index (χ4n) is 0.915. The first-order valence-electron chi connectivity index (χ1n) is 4.96. The number of rotatable bonds is 9. The van der Waals surface area contributed by atoms with Crippen LogP contribution in [0.25, 0.3) is 0 Å². The van der Waals surface area contributed by atoms with Crippen LogP contribution in [0.5, 0.6) is 0 Å². The van der Waals surface area contributed by atoms with Crippen LogP contribution in [-0.4, -0.2) is 59.9 Å². The number of ether oxygens (including phenoxy) is 3. The van der Waals surface area contributed by atoms with E-state index in [4.69, 9.17) is 14.2 Å². The zero-order chi connectivity index (χ0) is 13.3. The Morgan fingerprint density at radius 3 is 2.29 bits per heavy atom. The van der Waals surface area contributed by atoms with Gasteiger partial charge in [0.05, 0.1) is 25.6 Å². The van der Waals surface area contributed by atoms with Crippen LogP contribution in [0.1, 0.15) is 0 Å². The summed E-state index contributed by atoms with van der Waals surface area (Å²) in [5.41, 5.74) is -0.0793. The number of hydrogen-bond donors (Lipinski definition) is 0. The van der Waals surface area contributed by atoms with Crippen LogP contribution in [0, 0.1) is 0 Å². The molecule has 0 amide bonds. The topological polar surface area (TPSA) is 78.9 Å². The molecule has 7 heteroatoms. The lowest BCUT2D eigenvalue weighted by Gasteiger charge is -2.07. The predicted molar refractivity (Wildman–Crippen MR) is 62.5 cm³/mol. The summed E-state index contributed by atoms with van der Waals surface area (Å²) in [4.78, 5) is 11.2. The van der Waals surface area contributed by atoms with Gasteiger partial charge in [-0.15, -0.1) is 0 Å². The van der Waals surface area contributed by atoms with Crippen LogP contribution < -0.4 is 0 Å². The van der Waals surface area contributed by atoms with Gasteiger partial charge in [-0.2, -0.15) is 0 Å². The maximum atomic E-state index is 11.2. The van der Waals surface area contributed by atoms with Crippen molar-refractivity contribution in [3.63, 3.8) is 0 Å². The Hall–Kier alpha value is -0.920. The summed E-state index contributed by atoms with van der Waals surface area (Å²) < 4.78 is 36.3. The molecule has 0 unspecified atom stereocenters. The molecule has 0 aromatic carbocycles. The highest BCUT2D eigenvalue weighted by Crippen LogP contribution is 1.99. The van der Waals surface area contributed by atoms with Crippen LogP contribution in [0.4, 0.5) is 0 Å². The minimum absolute atomic E-state index is 0.0608. The monoisotopic (exact) mass is 266 g/mol. The molecule has 0 saturated heterocycles. The molecular weight excluding hydrogens is 248 g/mol. The summed E-state index contributed by atoms with van der Waals surface area (Å²) in [5.74, 6) is -1.11. The number of esters is 1. The number of hydrogen-bond acceptors (Lipinski definition) is 6. The Morgan fingerprint density at radius 1 is 1.18 bits per heavy atom. The molecule has 0 N–H and O–H groups in total. The number of methoxy groups -OCH3 is 1. The summed E-state index contributed by atoms with van der Waals surface area (Å²) in [6.45, 7) is 4.53. The molecule has 0 radical (unpaired) electrons. The SMILES string of the molecule is C=C(CS(C)(=O)=O)C(=O)OCCOCCOC. The zero-order valence-electron chi connectivity index (χ0n) is 10.1. The van der Waals surface area contributed by atoms with Gasteiger partial charge in [0.25, 0.3) is 0 Å². The lowest BCUT2D eigenvalue weighted by atomic mass is 10.4. The zero-order valence-corrected chi connectivity index (χ0v) is 10.9. The molecule has 17 heavy (non-hydrogen) atoms. The molecule has 0 aromatic heterocycles. The van der Waals surface area contributed by atoms with Gasteiger partial charge in [0, 0.05) is 18.9 Å². The minimum Gasteiger partial charge on any atom is -0.460 e. The van der Waals surface area contributed by atoms with Gasteiger partial charge >= 0.3 is 5.97 Å². The molecule has 0 bridgehead atoms. The quantitative estimate of drug-likeness (QED) is 0.326.